The lowest BCUT2D eigenvalue weighted by molar-refractivity contribution is -0.383. The Balaban J connectivity index is 2.01. The summed E-state index contributed by atoms with van der Waals surface area (Å²) >= 11 is 3.30. The average molecular weight is 421 g/mol. The summed E-state index contributed by atoms with van der Waals surface area (Å²) in [5, 5.41) is 20.7. The van der Waals surface area contributed by atoms with Crippen LogP contribution in [0.15, 0.2) is 28.7 Å². The van der Waals surface area contributed by atoms with Crippen molar-refractivity contribution in [2.24, 2.45) is 0 Å². The van der Waals surface area contributed by atoms with E-state index in [0.29, 0.717) is 33.8 Å². The Kier molecular flexibility index (Phi) is 5.33. The van der Waals surface area contributed by atoms with E-state index in [-0.39, 0.29) is 24.2 Å². The first-order valence-corrected chi connectivity index (χ1v) is 9.13. The quantitative estimate of drug-likeness (QED) is 0.318. The highest BCUT2D eigenvalue weighted by molar-refractivity contribution is 9.10. The van der Waals surface area contributed by atoms with Gasteiger partial charge in [0.2, 0.25) is 0 Å². The molecule has 0 unspecified atom stereocenters. The van der Waals surface area contributed by atoms with Crippen molar-refractivity contribution in [2.75, 3.05) is 13.2 Å². The van der Waals surface area contributed by atoms with Gasteiger partial charge in [-0.05, 0) is 47.0 Å². The topological polar surface area (TPSA) is 101 Å². The molecule has 1 aliphatic heterocycles. The van der Waals surface area contributed by atoms with Gasteiger partial charge in [-0.2, -0.15) is 0 Å². The molecule has 1 N–H and O–H groups in total. The first-order chi connectivity index (χ1) is 12.5. The molecule has 0 aromatic heterocycles. The highest BCUT2D eigenvalue weighted by Crippen LogP contribution is 2.39. The molecule has 0 atom stereocenters. The van der Waals surface area contributed by atoms with Crippen LogP contribution in [-0.4, -0.2) is 39.9 Å². The number of amides is 2. The zero-order valence-electron chi connectivity index (χ0n) is 13.9. The van der Waals surface area contributed by atoms with Gasteiger partial charge in [-0.3, -0.25) is 24.6 Å². The monoisotopic (exact) mass is 420 g/mol. The number of nitrogens with zero attached hydrogens (tertiary/aromatic N) is 2. The molecule has 1 heterocycles. The van der Waals surface area contributed by atoms with Crippen LogP contribution < -0.4 is 0 Å². The van der Waals surface area contributed by atoms with E-state index in [1.54, 1.807) is 12.1 Å². The van der Waals surface area contributed by atoms with Gasteiger partial charge in [0, 0.05) is 40.2 Å². The van der Waals surface area contributed by atoms with Gasteiger partial charge in [0.1, 0.15) is 0 Å². The molecule has 0 bridgehead atoms. The maximum atomic E-state index is 12.8. The number of benzene rings is 2. The van der Waals surface area contributed by atoms with Gasteiger partial charge in [0.05, 0.1) is 10.3 Å². The lowest BCUT2D eigenvalue weighted by Gasteiger charge is -2.27. The SMILES string of the molecule is O=C1c2ccc(Br)c3c([N+](=O)[O-])ccc(c23)C(=O)N1CCCCCCO. The molecule has 0 saturated carbocycles. The van der Waals surface area contributed by atoms with E-state index < -0.39 is 16.7 Å². The Bertz CT molecular complexity index is 890. The number of hydrogen-bond acceptors (Lipinski definition) is 5. The molecule has 2 amide bonds. The van der Waals surface area contributed by atoms with Crippen molar-refractivity contribution in [3.63, 3.8) is 0 Å². The second-order valence-corrected chi connectivity index (χ2v) is 6.99. The normalized spacial score (nSPS) is 13.5. The molecule has 3 rings (SSSR count). The zero-order chi connectivity index (χ0) is 18.8. The van der Waals surface area contributed by atoms with Gasteiger partial charge in [-0.25, -0.2) is 0 Å². The maximum Gasteiger partial charge on any atom is 0.278 e. The summed E-state index contributed by atoms with van der Waals surface area (Å²) in [6.45, 7) is 0.418. The summed E-state index contributed by atoms with van der Waals surface area (Å²) in [6, 6.07) is 5.91. The number of carbonyl (C=O) groups is 2. The van der Waals surface area contributed by atoms with Crippen molar-refractivity contribution in [3.8, 4) is 0 Å². The second-order valence-electron chi connectivity index (χ2n) is 6.13. The number of unbranched alkanes of at least 4 members (excludes halogenated alkanes) is 3. The van der Waals surface area contributed by atoms with Crippen molar-refractivity contribution >= 4 is 44.2 Å². The largest absolute Gasteiger partial charge is 0.396 e. The third-order valence-corrected chi connectivity index (χ3v) is 5.19. The molecule has 0 aliphatic carbocycles. The molecule has 2 aromatic rings. The van der Waals surface area contributed by atoms with Gasteiger partial charge < -0.3 is 5.11 Å². The summed E-state index contributed by atoms with van der Waals surface area (Å²) < 4.78 is 0.475. The summed E-state index contributed by atoms with van der Waals surface area (Å²) in [7, 11) is 0. The summed E-state index contributed by atoms with van der Waals surface area (Å²) in [6.07, 6.45) is 2.99. The smallest absolute Gasteiger partial charge is 0.278 e. The lowest BCUT2D eigenvalue weighted by atomic mass is 9.93. The van der Waals surface area contributed by atoms with E-state index in [2.05, 4.69) is 15.9 Å². The van der Waals surface area contributed by atoms with Crippen LogP contribution in [0.1, 0.15) is 46.4 Å². The third-order valence-electron chi connectivity index (χ3n) is 4.53. The maximum absolute atomic E-state index is 12.8. The average Bonchev–Trinajstić information content (AvgIpc) is 2.62. The first kappa shape index (κ1) is 18.5. The first-order valence-electron chi connectivity index (χ1n) is 8.34. The number of halogens is 1. The molecule has 136 valence electrons. The molecule has 1 aliphatic rings. The third kappa shape index (κ3) is 3.10. The minimum Gasteiger partial charge on any atom is -0.396 e. The van der Waals surface area contributed by atoms with Crippen LogP contribution in [0.4, 0.5) is 5.69 Å². The fraction of sp³-hybridized carbons (Fsp3) is 0.333. The van der Waals surface area contributed by atoms with E-state index in [1.807, 2.05) is 0 Å². The molecule has 7 nitrogen and oxygen atoms in total. The van der Waals surface area contributed by atoms with E-state index in [1.165, 1.54) is 17.0 Å². The van der Waals surface area contributed by atoms with Crippen LogP contribution in [-0.2, 0) is 0 Å². The Morgan fingerprint density at radius 2 is 1.58 bits per heavy atom. The van der Waals surface area contributed by atoms with E-state index in [0.717, 1.165) is 12.8 Å². The van der Waals surface area contributed by atoms with Crippen molar-refractivity contribution in [2.45, 2.75) is 25.7 Å². The number of aliphatic hydroxyl groups excluding tert-OH is 1. The van der Waals surface area contributed by atoms with Crippen molar-refractivity contribution in [3.05, 3.63) is 50.0 Å². The van der Waals surface area contributed by atoms with Gasteiger partial charge in [-0.15, -0.1) is 0 Å². The number of hydrogen-bond donors (Lipinski definition) is 1. The van der Waals surface area contributed by atoms with Crippen LogP contribution in [0, 0.1) is 10.1 Å². The predicted molar refractivity (Wildman–Crippen MR) is 99.2 cm³/mol. The van der Waals surface area contributed by atoms with Gasteiger partial charge in [-0.1, -0.05) is 12.8 Å². The Morgan fingerprint density at radius 3 is 2.19 bits per heavy atom. The van der Waals surface area contributed by atoms with Crippen LogP contribution in [0.2, 0.25) is 0 Å². The minimum atomic E-state index is -0.518. The molecule has 2 aromatic carbocycles. The minimum absolute atomic E-state index is 0.130. The van der Waals surface area contributed by atoms with Crippen LogP contribution in [0.25, 0.3) is 10.8 Å². The van der Waals surface area contributed by atoms with E-state index >= 15 is 0 Å². The molecule has 8 heteroatoms. The Hall–Kier alpha value is -2.32. The number of imide groups is 1. The van der Waals surface area contributed by atoms with Gasteiger partial charge in [0.15, 0.2) is 0 Å². The number of carbonyl (C=O) groups excluding carboxylic acids is 2. The van der Waals surface area contributed by atoms with Crippen molar-refractivity contribution < 1.29 is 19.6 Å². The number of aliphatic hydroxyl groups is 1. The number of nitro benzene ring substituents is 1. The molecule has 26 heavy (non-hydrogen) atoms. The second kappa shape index (κ2) is 7.51. The summed E-state index contributed by atoms with van der Waals surface area (Å²) in [5.41, 5.74) is 0.462. The van der Waals surface area contributed by atoms with Gasteiger partial charge >= 0.3 is 0 Å². The molecular weight excluding hydrogens is 404 g/mol. The van der Waals surface area contributed by atoms with Gasteiger partial charge in [0.25, 0.3) is 17.5 Å². The number of non-ortho nitro benzene ring substituents is 1. The van der Waals surface area contributed by atoms with Crippen LogP contribution in [0.3, 0.4) is 0 Å². The van der Waals surface area contributed by atoms with Crippen LogP contribution in [0.5, 0.6) is 0 Å². The Labute approximate surface area is 157 Å². The molecule has 0 spiro atoms. The highest BCUT2D eigenvalue weighted by atomic mass is 79.9. The van der Waals surface area contributed by atoms with Crippen molar-refractivity contribution in [1.82, 2.24) is 4.90 Å². The molecular formula is C18H17BrN2O5. The highest BCUT2D eigenvalue weighted by Gasteiger charge is 2.35. The van der Waals surface area contributed by atoms with Crippen molar-refractivity contribution in [1.29, 1.82) is 0 Å². The summed E-state index contributed by atoms with van der Waals surface area (Å²) in [4.78, 5) is 37.6. The Morgan fingerprint density at radius 1 is 0.962 bits per heavy atom. The lowest BCUT2D eigenvalue weighted by Crippen LogP contribution is -2.40. The fourth-order valence-corrected chi connectivity index (χ4v) is 3.80. The fourth-order valence-electron chi connectivity index (χ4n) is 3.27. The van der Waals surface area contributed by atoms with E-state index in [9.17, 15) is 19.7 Å². The molecule has 0 fully saturated rings. The zero-order valence-corrected chi connectivity index (χ0v) is 15.5. The van der Waals surface area contributed by atoms with E-state index in [4.69, 9.17) is 5.11 Å². The van der Waals surface area contributed by atoms with Crippen LogP contribution >= 0.6 is 15.9 Å². The number of rotatable bonds is 7. The predicted octanol–water partition coefficient (Wildman–Crippen LogP) is 3.66. The molecule has 0 saturated heterocycles. The summed E-state index contributed by atoms with van der Waals surface area (Å²) in [5.74, 6) is -0.856. The molecule has 0 radical (unpaired) electrons. The number of nitro groups is 1. The standard InChI is InChI=1S/C18H17BrN2O5/c19-13-7-5-11-15-12(6-8-14(16(13)15)21(25)26)18(24)20(17(11)23)9-3-1-2-4-10-22/h5-8,22H,1-4,9-10H2.